The fraction of sp³-hybridized carbons (Fsp3) is 0.176. The average molecular weight is 309 g/mol. The Morgan fingerprint density at radius 2 is 1.82 bits per heavy atom. The molecule has 1 aliphatic rings. The first-order chi connectivity index (χ1) is 10.8. The van der Waals surface area contributed by atoms with Crippen molar-refractivity contribution in [3.05, 3.63) is 54.6 Å². The highest BCUT2D eigenvalue weighted by Crippen LogP contribution is 2.33. The lowest BCUT2D eigenvalue weighted by Gasteiger charge is -2.37. The van der Waals surface area contributed by atoms with Crippen LogP contribution >= 0.6 is 11.3 Å². The highest BCUT2D eigenvalue weighted by Gasteiger charge is 2.34. The number of fused-ring (bicyclic) bond motifs is 1. The molecule has 22 heavy (non-hydrogen) atoms. The third kappa shape index (κ3) is 2.44. The quantitative estimate of drug-likeness (QED) is 0.807. The highest BCUT2D eigenvalue weighted by molar-refractivity contribution is 7.22. The van der Waals surface area contributed by atoms with Crippen molar-refractivity contribution in [3.63, 3.8) is 0 Å². The van der Waals surface area contributed by atoms with E-state index in [4.69, 9.17) is 0 Å². The lowest BCUT2D eigenvalue weighted by molar-refractivity contribution is -0.120. The van der Waals surface area contributed by atoms with Gasteiger partial charge in [0.25, 0.3) is 0 Å². The zero-order valence-electron chi connectivity index (χ0n) is 11.9. The zero-order chi connectivity index (χ0) is 14.9. The van der Waals surface area contributed by atoms with E-state index in [-0.39, 0.29) is 11.8 Å². The van der Waals surface area contributed by atoms with Crippen LogP contribution in [0, 0.1) is 5.92 Å². The van der Waals surface area contributed by atoms with Gasteiger partial charge < -0.3 is 10.2 Å². The second-order valence-electron chi connectivity index (χ2n) is 5.42. The standard InChI is InChI=1S/C17H15N3OS/c21-16(18-13-6-2-1-3-7-13)12-10-20(11-12)17-19-14-8-4-5-9-15(14)22-17/h1-9,12H,10-11H2,(H,18,21). The van der Waals surface area contributed by atoms with Gasteiger partial charge in [-0.05, 0) is 24.3 Å². The minimum absolute atomic E-state index is 0.0345. The Kier molecular flexibility index (Phi) is 3.27. The summed E-state index contributed by atoms with van der Waals surface area (Å²) < 4.78 is 1.19. The van der Waals surface area contributed by atoms with Crippen LogP contribution in [-0.2, 0) is 4.79 Å². The third-order valence-corrected chi connectivity index (χ3v) is 4.94. The van der Waals surface area contributed by atoms with E-state index < -0.39 is 0 Å². The van der Waals surface area contributed by atoms with Crippen LogP contribution in [0.2, 0.25) is 0 Å². The van der Waals surface area contributed by atoms with Crippen LogP contribution in [0.25, 0.3) is 10.2 Å². The SMILES string of the molecule is O=C(Nc1ccccc1)C1CN(c2nc3ccccc3s2)C1. The molecule has 110 valence electrons. The topological polar surface area (TPSA) is 45.2 Å². The van der Waals surface area contributed by atoms with Crippen LogP contribution < -0.4 is 10.2 Å². The number of benzene rings is 2. The molecule has 1 N–H and O–H groups in total. The summed E-state index contributed by atoms with van der Waals surface area (Å²) in [7, 11) is 0. The van der Waals surface area contributed by atoms with Crippen molar-refractivity contribution in [2.24, 2.45) is 5.92 Å². The summed E-state index contributed by atoms with van der Waals surface area (Å²) in [6, 6.07) is 17.7. The van der Waals surface area contributed by atoms with Gasteiger partial charge in [-0.25, -0.2) is 4.98 Å². The molecule has 0 radical (unpaired) electrons. The highest BCUT2D eigenvalue weighted by atomic mass is 32.1. The molecule has 3 aromatic rings. The number of carbonyl (C=O) groups excluding carboxylic acids is 1. The number of nitrogens with one attached hydrogen (secondary N) is 1. The van der Waals surface area contributed by atoms with Gasteiger partial charge in [0.1, 0.15) is 0 Å². The van der Waals surface area contributed by atoms with E-state index >= 15 is 0 Å². The molecule has 2 heterocycles. The van der Waals surface area contributed by atoms with Crippen LogP contribution in [-0.4, -0.2) is 24.0 Å². The zero-order valence-corrected chi connectivity index (χ0v) is 12.7. The lowest BCUT2D eigenvalue weighted by Crippen LogP contribution is -2.52. The van der Waals surface area contributed by atoms with Crippen LogP contribution in [0.15, 0.2) is 54.6 Å². The maximum Gasteiger partial charge on any atom is 0.231 e. The molecule has 0 bridgehead atoms. The molecule has 2 aromatic carbocycles. The average Bonchev–Trinajstić information content (AvgIpc) is 2.90. The number of hydrogen-bond acceptors (Lipinski definition) is 4. The molecule has 4 rings (SSSR count). The lowest BCUT2D eigenvalue weighted by atomic mass is 10.00. The van der Waals surface area contributed by atoms with E-state index in [1.165, 1.54) is 4.70 Å². The molecular weight excluding hydrogens is 294 g/mol. The summed E-state index contributed by atoms with van der Waals surface area (Å²) in [5.41, 5.74) is 1.88. The number of nitrogens with zero attached hydrogens (tertiary/aromatic N) is 2. The Balaban J connectivity index is 1.40. The van der Waals surface area contributed by atoms with E-state index in [1.54, 1.807) is 11.3 Å². The van der Waals surface area contributed by atoms with Crippen molar-refractivity contribution in [2.45, 2.75) is 0 Å². The van der Waals surface area contributed by atoms with E-state index in [2.05, 4.69) is 21.3 Å². The second-order valence-corrected chi connectivity index (χ2v) is 6.43. The van der Waals surface area contributed by atoms with Crippen molar-refractivity contribution in [1.82, 2.24) is 4.98 Å². The molecule has 1 amide bonds. The normalized spacial score (nSPS) is 14.8. The van der Waals surface area contributed by atoms with Crippen molar-refractivity contribution in [3.8, 4) is 0 Å². The van der Waals surface area contributed by atoms with E-state index in [0.717, 1.165) is 29.4 Å². The van der Waals surface area contributed by atoms with Gasteiger partial charge in [-0.1, -0.05) is 41.7 Å². The number of amides is 1. The number of hydrogen-bond donors (Lipinski definition) is 1. The van der Waals surface area contributed by atoms with Gasteiger partial charge in [0.2, 0.25) is 5.91 Å². The number of thiazole rings is 1. The second kappa shape index (κ2) is 5.42. The Hall–Kier alpha value is -2.40. The summed E-state index contributed by atoms with van der Waals surface area (Å²) >= 11 is 1.68. The van der Waals surface area contributed by atoms with Crippen molar-refractivity contribution in [2.75, 3.05) is 23.3 Å². The molecule has 1 aliphatic heterocycles. The molecule has 1 saturated heterocycles. The molecule has 0 saturated carbocycles. The number of carbonyl (C=O) groups is 1. The third-order valence-electron chi connectivity index (χ3n) is 3.85. The fourth-order valence-electron chi connectivity index (χ4n) is 2.56. The van der Waals surface area contributed by atoms with E-state index in [1.807, 2.05) is 48.5 Å². The van der Waals surface area contributed by atoms with Crippen molar-refractivity contribution < 1.29 is 4.79 Å². The first-order valence-corrected chi connectivity index (χ1v) is 8.08. The minimum atomic E-state index is 0.0345. The Labute approximate surface area is 132 Å². The predicted molar refractivity (Wildman–Crippen MR) is 90.4 cm³/mol. The van der Waals surface area contributed by atoms with Crippen LogP contribution in [0.4, 0.5) is 10.8 Å². The van der Waals surface area contributed by atoms with E-state index in [9.17, 15) is 4.79 Å². The van der Waals surface area contributed by atoms with Crippen molar-refractivity contribution >= 4 is 38.3 Å². The fourth-order valence-corrected chi connectivity index (χ4v) is 3.55. The molecule has 0 unspecified atom stereocenters. The molecular formula is C17H15N3OS. The monoisotopic (exact) mass is 309 g/mol. The largest absolute Gasteiger partial charge is 0.346 e. The van der Waals surface area contributed by atoms with Gasteiger partial charge in [-0.2, -0.15) is 0 Å². The van der Waals surface area contributed by atoms with Crippen LogP contribution in [0.5, 0.6) is 0 Å². The molecule has 1 fully saturated rings. The Bertz CT molecular complexity index is 776. The van der Waals surface area contributed by atoms with Crippen LogP contribution in [0.1, 0.15) is 0 Å². The van der Waals surface area contributed by atoms with E-state index in [0.29, 0.717) is 0 Å². The molecule has 5 heteroatoms. The Morgan fingerprint density at radius 3 is 2.59 bits per heavy atom. The Morgan fingerprint density at radius 1 is 1.09 bits per heavy atom. The summed E-state index contributed by atoms with van der Waals surface area (Å²) in [5.74, 6) is 0.121. The first kappa shape index (κ1) is 13.3. The summed E-state index contributed by atoms with van der Waals surface area (Å²) in [5, 5.41) is 3.96. The van der Waals surface area contributed by atoms with Gasteiger partial charge in [-0.15, -0.1) is 0 Å². The molecule has 4 nitrogen and oxygen atoms in total. The number of anilines is 2. The molecule has 0 atom stereocenters. The van der Waals surface area contributed by atoms with Crippen molar-refractivity contribution in [1.29, 1.82) is 0 Å². The summed E-state index contributed by atoms with van der Waals surface area (Å²) in [6.45, 7) is 1.47. The smallest absolute Gasteiger partial charge is 0.231 e. The summed E-state index contributed by atoms with van der Waals surface area (Å²) in [6.07, 6.45) is 0. The van der Waals surface area contributed by atoms with Gasteiger partial charge in [-0.3, -0.25) is 4.79 Å². The number of aromatic nitrogens is 1. The van der Waals surface area contributed by atoms with Gasteiger partial charge in [0, 0.05) is 18.8 Å². The maximum atomic E-state index is 12.2. The predicted octanol–water partition coefficient (Wildman–Crippen LogP) is 3.37. The first-order valence-electron chi connectivity index (χ1n) is 7.26. The van der Waals surface area contributed by atoms with Gasteiger partial charge in [0.15, 0.2) is 5.13 Å². The van der Waals surface area contributed by atoms with Gasteiger partial charge >= 0.3 is 0 Å². The molecule has 0 aliphatic carbocycles. The van der Waals surface area contributed by atoms with Crippen LogP contribution in [0.3, 0.4) is 0 Å². The number of para-hydroxylation sites is 2. The number of rotatable bonds is 3. The minimum Gasteiger partial charge on any atom is -0.346 e. The van der Waals surface area contributed by atoms with Gasteiger partial charge in [0.05, 0.1) is 16.1 Å². The molecule has 1 aromatic heterocycles. The maximum absolute atomic E-state index is 12.2. The molecule has 0 spiro atoms. The summed E-state index contributed by atoms with van der Waals surface area (Å²) in [4.78, 5) is 19.0.